The molecule has 0 radical (unpaired) electrons. The summed E-state index contributed by atoms with van der Waals surface area (Å²) in [7, 11) is 1.60. The number of benzene rings is 1. The molecule has 1 aliphatic heterocycles. The van der Waals surface area contributed by atoms with Crippen LogP contribution in [0.4, 0.5) is 0 Å². The van der Waals surface area contributed by atoms with Crippen LogP contribution >= 0.6 is 0 Å². The van der Waals surface area contributed by atoms with E-state index in [-0.39, 0.29) is 24.3 Å². The molecule has 0 saturated carbocycles. The van der Waals surface area contributed by atoms with Gasteiger partial charge in [0.05, 0.1) is 26.0 Å². The number of nitrogens with zero attached hydrogens (tertiary/aromatic N) is 3. The van der Waals surface area contributed by atoms with Crippen molar-refractivity contribution < 1.29 is 18.7 Å². The summed E-state index contributed by atoms with van der Waals surface area (Å²) in [6.45, 7) is 1.16. The van der Waals surface area contributed by atoms with Gasteiger partial charge in [-0.1, -0.05) is 0 Å². The van der Waals surface area contributed by atoms with E-state index in [1.54, 1.807) is 24.3 Å². The van der Waals surface area contributed by atoms with Crippen LogP contribution in [0.5, 0.6) is 5.75 Å². The molecule has 1 aliphatic rings. The standard InChI is InChI=1S/C21H22N4O4/c1-28-16-2-3-17-14(13-29-19(17)11-16)10-20(26)24-15-4-8-25(9-5-15)21(27)18-12-22-6-7-23-18/h2-3,6-7,11-13,15H,4-5,8-10H2,1H3,(H,24,26). The Morgan fingerprint density at radius 2 is 2.10 bits per heavy atom. The summed E-state index contributed by atoms with van der Waals surface area (Å²) in [5, 5.41) is 3.98. The number of carbonyl (C=O) groups excluding carboxylic acids is 2. The monoisotopic (exact) mass is 394 g/mol. The molecule has 2 aromatic heterocycles. The van der Waals surface area contributed by atoms with Gasteiger partial charge in [0.25, 0.3) is 5.91 Å². The molecule has 3 aromatic rings. The van der Waals surface area contributed by atoms with Crippen molar-refractivity contribution in [3.8, 4) is 5.75 Å². The van der Waals surface area contributed by atoms with Gasteiger partial charge >= 0.3 is 0 Å². The number of rotatable bonds is 5. The zero-order chi connectivity index (χ0) is 20.2. The van der Waals surface area contributed by atoms with Crippen molar-refractivity contribution in [1.29, 1.82) is 0 Å². The number of fused-ring (bicyclic) bond motifs is 1. The van der Waals surface area contributed by atoms with E-state index >= 15 is 0 Å². The average Bonchev–Trinajstić information content (AvgIpc) is 3.16. The van der Waals surface area contributed by atoms with Crippen LogP contribution in [-0.4, -0.2) is 52.9 Å². The quantitative estimate of drug-likeness (QED) is 0.712. The number of carbonyl (C=O) groups is 2. The molecule has 3 heterocycles. The summed E-state index contributed by atoms with van der Waals surface area (Å²) in [6, 6.07) is 5.60. The predicted octanol–water partition coefficient (Wildman–Crippen LogP) is 2.19. The normalized spacial score (nSPS) is 14.7. The van der Waals surface area contributed by atoms with Gasteiger partial charge in [-0.15, -0.1) is 0 Å². The van der Waals surface area contributed by atoms with E-state index in [4.69, 9.17) is 9.15 Å². The van der Waals surface area contributed by atoms with Crippen LogP contribution in [0, 0.1) is 0 Å². The summed E-state index contributed by atoms with van der Waals surface area (Å²) < 4.78 is 10.7. The summed E-state index contributed by atoms with van der Waals surface area (Å²) in [4.78, 5) is 34.7. The molecule has 0 unspecified atom stereocenters. The molecule has 8 heteroatoms. The second-order valence-electron chi connectivity index (χ2n) is 7.02. The molecule has 4 rings (SSSR count). The summed E-state index contributed by atoms with van der Waals surface area (Å²) in [5.74, 6) is 0.538. The lowest BCUT2D eigenvalue weighted by molar-refractivity contribution is -0.121. The van der Waals surface area contributed by atoms with Gasteiger partial charge in [0.15, 0.2) is 0 Å². The maximum Gasteiger partial charge on any atom is 0.274 e. The molecule has 1 aromatic carbocycles. The number of furan rings is 1. The number of hydrogen-bond acceptors (Lipinski definition) is 6. The Bertz CT molecular complexity index is 1010. The van der Waals surface area contributed by atoms with Crippen LogP contribution in [0.3, 0.4) is 0 Å². The highest BCUT2D eigenvalue weighted by molar-refractivity contribution is 5.92. The van der Waals surface area contributed by atoms with Gasteiger partial charge in [-0.3, -0.25) is 14.6 Å². The number of piperidine rings is 1. The lowest BCUT2D eigenvalue weighted by Gasteiger charge is -2.32. The third-order valence-electron chi connectivity index (χ3n) is 5.14. The smallest absolute Gasteiger partial charge is 0.274 e. The first-order valence-corrected chi connectivity index (χ1v) is 9.53. The Morgan fingerprint density at radius 3 is 2.83 bits per heavy atom. The number of methoxy groups -OCH3 is 1. The fourth-order valence-corrected chi connectivity index (χ4v) is 3.58. The first-order chi connectivity index (χ1) is 14.1. The van der Waals surface area contributed by atoms with Gasteiger partial charge in [0, 0.05) is 48.5 Å². The molecule has 1 N–H and O–H groups in total. The van der Waals surface area contributed by atoms with Gasteiger partial charge in [0.1, 0.15) is 17.0 Å². The maximum absolute atomic E-state index is 12.5. The SMILES string of the molecule is COc1ccc2c(CC(=O)NC3CCN(C(=O)c4cnccn4)CC3)coc2c1. The number of hydrogen-bond donors (Lipinski definition) is 1. The largest absolute Gasteiger partial charge is 0.497 e. The van der Waals surface area contributed by atoms with E-state index in [0.29, 0.717) is 43.0 Å². The second kappa shape index (κ2) is 8.30. The van der Waals surface area contributed by atoms with Crippen molar-refractivity contribution in [2.45, 2.75) is 25.3 Å². The van der Waals surface area contributed by atoms with E-state index in [9.17, 15) is 9.59 Å². The van der Waals surface area contributed by atoms with Crippen molar-refractivity contribution >= 4 is 22.8 Å². The van der Waals surface area contributed by atoms with Crippen LogP contribution in [0.25, 0.3) is 11.0 Å². The van der Waals surface area contributed by atoms with Gasteiger partial charge in [0.2, 0.25) is 5.91 Å². The molecule has 150 valence electrons. The lowest BCUT2D eigenvalue weighted by Crippen LogP contribution is -2.47. The Morgan fingerprint density at radius 1 is 1.28 bits per heavy atom. The molecule has 0 bridgehead atoms. The van der Waals surface area contributed by atoms with Crippen LogP contribution in [0.1, 0.15) is 28.9 Å². The second-order valence-corrected chi connectivity index (χ2v) is 7.02. The minimum absolute atomic E-state index is 0.0478. The summed E-state index contributed by atoms with van der Waals surface area (Å²) in [6.07, 6.45) is 7.81. The highest BCUT2D eigenvalue weighted by Crippen LogP contribution is 2.26. The zero-order valence-electron chi connectivity index (χ0n) is 16.1. The van der Waals surface area contributed by atoms with Gasteiger partial charge < -0.3 is 19.4 Å². The van der Waals surface area contributed by atoms with Crippen LogP contribution in [0.15, 0.2) is 47.5 Å². The Hall–Kier alpha value is -3.42. The summed E-state index contributed by atoms with van der Waals surface area (Å²) >= 11 is 0. The van der Waals surface area contributed by atoms with Crippen molar-refractivity contribution in [2.75, 3.05) is 20.2 Å². The molecular formula is C21H22N4O4. The van der Waals surface area contributed by atoms with Crippen LogP contribution < -0.4 is 10.1 Å². The van der Waals surface area contributed by atoms with Gasteiger partial charge in [-0.25, -0.2) is 4.98 Å². The van der Waals surface area contributed by atoms with E-state index in [1.165, 1.54) is 18.6 Å². The number of nitrogens with one attached hydrogen (secondary N) is 1. The fourth-order valence-electron chi connectivity index (χ4n) is 3.58. The van der Waals surface area contributed by atoms with E-state index in [1.807, 2.05) is 12.1 Å². The number of ether oxygens (including phenoxy) is 1. The highest BCUT2D eigenvalue weighted by atomic mass is 16.5. The maximum atomic E-state index is 12.5. The minimum Gasteiger partial charge on any atom is -0.497 e. The number of likely N-dealkylation sites (tertiary alicyclic amines) is 1. The first kappa shape index (κ1) is 18.9. The first-order valence-electron chi connectivity index (χ1n) is 9.53. The van der Waals surface area contributed by atoms with Crippen molar-refractivity contribution in [1.82, 2.24) is 20.2 Å². The average molecular weight is 394 g/mol. The van der Waals surface area contributed by atoms with Crippen molar-refractivity contribution in [3.63, 3.8) is 0 Å². The zero-order valence-corrected chi connectivity index (χ0v) is 16.1. The molecule has 29 heavy (non-hydrogen) atoms. The third-order valence-corrected chi connectivity index (χ3v) is 5.14. The molecular weight excluding hydrogens is 372 g/mol. The minimum atomic E-state index is -0.122. The molecule has 0 spiro atoms. The van der Waals surface area contributed by atoms with Crippen LogP contribution in [0.2, 0.25) is 0 Å². The number of aromatic nitrogens is 2. The van der Waals surface area contributed by atoms with Crippen LogP contribution in [-0.2, 0) is 11.2 Å². The molecule has 0 atom stereocenters. The van der Waals surface area contributed by atoms with Gasteiger partial charge in [-0.2, -0.15) is 0 Å². The third kappa shape index (κ3) is 4.21. The van der Waals surface area contributed by atoms with Crippen molar-refractivity contribution in [3.05, 3.63) is 54.3 Å². The van der Waals surface area contributed by atoms with E-state index < -0.39 is 0 Å². The fraction of sp³-hybridized carbons (Fsp3) is 0.333. The number of amides is 2. The van der Waals surface area contributed by atoms with E-state index in [0.717, 1.165) is 10.9 Å². The molecule has 0 aliphatic carbocycles. The predicted molar refractivity (Wildman–Crippen MR) is 106 cm³/mol. The van der Waals surface area contributed by atoms with E-state index in [2.05, 4.69) is 15.3 Å². The lowest BCUT2D eigenvalue weighted by atomic mass is 10.0. The Balaban J connectivity index is 1.31. The Labute approximate surface area is 167 Å². The molecule has 2 amide bonds. The molecule has 8 nitrogen and oxygen atoms in total. The Kier molecular flexibility index (Phi) is 5.41. The van der Waals surface area contributed by atoms with Crippen molar-refractivity contribution in [2.24, 2.45) is 0 Å². The molecule has 1 fully saturated rings. The summed E-state index contributed by atoms with van der Waals surface area (Å²) in [5.41, 5.74) is 1.89. The molecule has 1 saturated heterocycles. The van der Waals surface area contributed by atoms with Gasteiger partial charge in [-0.05, 0) is 25.0 Å². The topological polar surface area (TPSA) is 97.6 Å². The highest BCUT2D eigenvalue weighted by Gasteiger charge is 2.25.